The van der Waals surface area contributed by atoms with Gasteiger partial charge in [0.15, 0.2) is 0 Å². The number of hydrogen-bond acceptors (Lipinski definition) is 5. The van der Waals surface area contributed by atoms with Crippen LogP contribution in [0.1, 0.15) is 16.5 Å². The first-order valence-electron chi connectivity index (χ1n) is 7.66. The number of furan rings is 1. The summed E-state index contributed by atoms with van der Waals surface area (Å²) >= 11 is 3.60. The lowest BCUT2D eigenvalue weighted by Gasteiger charge is -2.33. The molecule has 0 unspecified atom stereocenters. The molecular weight excluding hydrogens is 328 g/mol. The fourth-order valence-electron chi connectivity index (χ4n) is 2.61. The number of amides is 1. The van der Waals surface area contributed by atoms with Crippen LogP contribution in [-0.2, 0) is 4.79 Å². The largest absolute Gasteiger partial charge is 0.472 e. The molecule has 6 heteroatoms. The number of carbonyl (C=O) groups excluding carboxylic acids is 1. The minimum absolute atomic E-state index is 0.0571. The Morgan fingerprint density at radius 3 is 2.96 bits per heavy atom. The summed E-state index contributed by atoms with van der Waals surface area (Å²) in [4.78, 5) is 15.6. The summed E-state index contributed by atoms with van der Waals surface area (Å²) in [5.74, 6) is 2.22. The van der Waals surface area contributed by atoms with Gasteiger partial charge >= 0.3 is 0 Å². The molecule has 4 nitrogen and oxygen atoms in total. The highest BCUT2D eigenvalue weighted by molar-refractivity contribution is 7.99. The summed E-state index contributed by atoms with van der Waals surface area (Å²) in [5.41, 5.74) is 1.12. The van der Waals surface area contributed by atoms with Crippen molar-refractivity contribution in [2.75, 3.05) is 31.1 Å². The molecule has 0 aromatic carbocycles. The van der Waals surface area contributed by atoms with E-state index in [-0.39, 0.29) is 11.9 Å². The van der Waals surface area contributed by atoms with Crippen molar-refractivity contribution in [1.29, 1.82) is 0 Å². The van der Waals surface area contributed by atoms with Gasteiger partial charge in [0.05, 0.1) is 18.6 Å². The monoisotopic (exact) mass is 348 g/mol. The molecule has 2 aromatic heterocycles. The first kappa shape index (κ1) is 16.4. The average molecular weight is 348 g/mol. The minimum Gasteiger partial charge on any atom is -0.472 e. The molecule has 0 radical (unpaired) electrons. The van der Waals surface area contributed by atoms with Crippen LogP contribution < -0.4 is 5.32 Å². The number of hydrogen-bond donors (Lipinski definition) is 1. The predicted octanol–water partition coefficient (Wildman–Crippen LogP) is 3.26. The molecular formula is C17H20N2O2S2. The Bertz CT molecular complexity index is 617. The lowest BCUT2D eigenvalue weighted by Crippen LogP contribution is -2.41. The molecule has 2 aromatic rings. The fourth-order valence-corrected chi connectivity index (χ4v) is 4.16. The molecule has 1 amide bonds. The Hall–Kier alpha value is -1.50. The van der Waals surface area contributed by atoms with Crippen LogP contribution in [0.15, 0.2) is 46.6 Å². The van der Waals surface area contributed by atoms with Crippen molar-refractivity contribution in [2.45, 2.75) is 6.04 Å². The van der Waals surface area contributed by atoms with Crippen molar-refractivity contribution >= 4 is 35.1 Å². The Kier molecular flexibility index (Phi) is 5.96. The van der Waals surface area contributed by atoms with Crippen LogP contribution in [0.4, 0.5) is 0 Å². The number of nitrogens with zero attached hydrogens (tertiary/aromatic N) is 1. The van der Waals surface area contributed by atoms with Gasteiger partial charge in [-0.1, -0.05) is 6.07 Å². The summed E-state index contributed by atoms with van der Waals surface area (Å²) < 4.78 is 5.23. The normalized spacial score (nSPS) is 17.4. The van der Waals surface area contributed by atoms with Crippen molar-refractivity contribution in [1.82, 2.24) is 10.2 Å². The quantitative estimate of drug-likeness (QED) is 0.814. The zero-order valence-electron chi connectivity index (χ0n) is 12.8. The second-order valence-electron chi connectivity index (χ2n) is 5.31. The average Bonchev–Trinajstić information content (AvgIpc) is 3.28. The highest BCUT2D eigenvalue weighted by atomic mass is 32.2. The van der Waals surface area contributed by atoms with Crippen LogP contribution in [0.5, 0.6) is 0 Å². The zero-order valence-corrected chi connectivity index (χ0v) is 14.4. The number of nitrogens with one attached hydrogen (secondary N) is 1. The van der Waals surface area contributed by atoms with Crippen molar-refractivity contribution in [3.63, 3.8) is 0 Å². The second-order valence-corrected chi connectivity index (χ2v) is 7.52. The molecule has 0 aliphatic carbocycles. The lowest BCUT2D eigenvalue weighted by molar-refractivity contribution is -0.116. The number of rotatable bonds is 6. The van der Waals surface area contributed by atoms with Gasteiger partial charge in [0.25, 0.3) is 0 Å². The molecule has 0 spiro atoms. The van der Waals surface area contributed by atoms with Crippen LogP contribution in [0.25, 0.3) is 6.08 Å². The molecule has 1 fully saturated rings. The Labute approximate surface area is 144 Å². The van der Waals surface area contributed by atoms with E-state index in [9.17, 15) is 4.79 Å². The molecule has 0 bridgehead atoms. The SMILES string of the molecule is O=C(/C=C/c1cccs1)NC[C@H](c1ccoc1)N1CCSCC1. The topological polar surface area (TPSA) is 45.5 Å². The van der Waals surface area contributed by atoms with Crippen LogP contribution in [0.3, 0.4) is 0 Å². The summed E-state index contributed by atoms with van der Waals surface area (Å²) in [6.07, 6.45) is 6.92. The molecule has 3 rings (SSSR count). The van der Waals surface area contributed by atoms with E-state index in [0.29, 0.717) is 6.54 Å². The zero-order chi connectivity index (χ0) is 15.9. The summed E-state index contributed by atoms with van der Waals surface area (Å²) in [6.45, 7) is 2.68. The Morgan fingerprint density at radius 2 is 2.26 bits per heavy atom. The predicted molar refractivity (Wildman–Crippen MR) is 96.7 cm³/mol. The smallest absolute Gasteiger partial charge is 0.244 e. The van der Waals surface area contributed by atoms with Crippen molar-refractivity contribution in [3.8, 4) is 0 Å². The molecule has 1 aliphatic heterocycles. The van der Waals surface area contributed by atoms with Gasteiger partial charge in [-0.05, 0) is 23.6 Å². The van der Waals surface area contributed by atoms with E-state index in [2.05, 4.69) is 10.2 Å². The maximum atomic E-state index is 12.1. The van der Waals surface area contributed by atoms with Gasteiger partial charge in [-0.15, -0.1) is 11.3 Å². The number of carbonyl (C=O) groups is 1. The first-order chi connectivity index (χ1) is 11.3. The van der Waals surface area contributed by atoms with E-state index in [1.54, 1.807) is 29.9 Å². The van der Waals surface area contributed by atoms with E-state index >= 15 is 0 Å². The summed E-state index contributed by atoms with van der Waals surface area (Å²) in [7, 11) is 0. The van der Waals surface area contributed by atoms with Crippen LogP contribution in [0, 0.1) is 0 Å². The third-order valence-electron chi connectivity index (χ3n) is 3.83. The standard InChI is InChI=1S/C17H20N2O2S2/c20-17(4-3-15-2-1-9-23-15)18-12-16(14-5-8-21-13-14)19-6-10-22-11-7-19/h1-5,8-9,13,16H,6-7,10-12H2,(H,18,20)/b4-3+/t16-/m1/s1. The van der Waals surface area contributed by atoms with Crippen LogP contribution in [0.2, 0.25) is 0 Å². The second kappa shape index (κ2) is 8.38. The lowest BCUT2D eigenvalue weighted by atomic mass is 10.1. The highest BCUT2D eigenvalue weighted by Gasteiger charge is 2.23. The molecule has 3 heterocycles. The molecule has 1 aliphatic rings. The molecule has 0 saturated carbocycles. The van der Waals surface area contributed by atoms with E-state index in [1.165, 1.54) is 0 Å². The van der Waals surface area contributed by atoms with E-state index < -0.39 is 0 Å². The van der Waals surface area contributed by atoms with Gasteiger partial charge < -0.3 is 9.73 Å². The van der Waals surface area contributed by atoms with Gasteiger partial charge in [0.1, 0.15) is 0 Å². The third kappa shape index (κ3) is 4.73. The third-order valence-corrected chi connectivity index (χ3v) is 5.61. The summed E-state index contributed by atoms with van der Waals surface area (Å²) in [6, 6.07) is 6.13. The van der Waals surface area contributed by atoms with Gasteiger partial charge in [-0.3, -0.25) is 9.69 Å². The van der Waals surface area contributed by atoms with Gasteiger partial charge in [0, 0.05) is 47.7 Å². The van der Waals surface area contributed by atoms with Gasteiger partial charge in [-0.2, -0.15) is 11.8 Å². The highest BCUT2D eigenvalue weighted by Crippen LogP contribution is 2.24. The van der Waals surface area contributed by atoms with Crippen molar-refractivity contribution < 1.29 is 9.21 Å². The number of thioether (sulfide) groups is 1. The van der Waals surface area contributed by atoms with Crippen LogP contribution >= 0.6 is 23.1 Å². The molecule has 122 valence electrons. The van der Waals surface area contributed by atoms with Gasteiger partial charge in [0.2, 0.25) is 5.91 Å². The fraction of sp³-hybridized carbons (Fsp3) is 0.353. The van der Waals surface area contributed by atoms with Crippen molar-refractivity contribution in [3.05, 3.63) is 52.6 Å². The molecule has 1 atom stereocenters. The molecule has 1 N–H and O–H groups in total. The Morgan fingerprint density at radius 1 is 1.39 bits per heavy atom. The van der Waals surface area contributed by atoms with Crippen LogP contribution in [-0.4, -0.2) is 41.9 Å². The van der Waals surface area contributed by atoms with Crippen molar-refractivity contribution in [2.24, 2.45) is 0 Å². The van der Waals surface area contributed by atoms with Gasteiger partial charge in [-0.25, -0.2) is 0 Å². The minimum atomic E-state index is -0.0571. The first-order valence-corrected chi connectivity index (χ1v) is 9.69. The molecule has 23 heavy (non-hydrogen) atoms. The maximum Gasteiger partial charge on any atom is 0.244 e. The Balaban J connectivity index is 1.58. The number of thiophene rings is 1. The van der Waals surface area contributed by atoms with E-state index in [0.717, 1.165) is 35.0 Å². The summed E-state index contributed by atoms with van der Waals surface area (Å²) in [5, 5.41) is 5.02. The maximum absolute atomic E-state index is 12.1. The van der Waals surface area contributed by atoms with E-state index in [1.807, 2.05) is 41.4 Å². The van der Waals surface area contributed by atoms with E-state index in [4.69, 9.17) is 4.42 Å². The molecule has 1 saturated heterocycles.